The molecule has 5 nitrogen and oxygen atoms in total. The first-order valence-electron chi connectivity index (χ1n) is 7.49. The molecule has 0 saturated carbocycles. The van der Waals surface area contributed by atoms with Crippen LogP contribution in [0.2, 0.25) is 0 Å². The Balaban J connectivity index is 1.70. The number of nitrogens with one attached hydrogen (secondary N) is 1. The number of imide groups is 1. The summed E-state index contributed by atoms with van der Waals surface area (Å²) < 4.78 is 1.64. The van der Waals surface area contributed by atoms with E-state index in [-0.39, 0.29) is 6.54 Å². The lowest BCUT2D eigenvalue weighted by Crippen LogP contribution is -2.36. The highest BCUT2D eigenvalue weighted by Gasteiger charge is 2.36. The maximum absolute atomic E-state index is 12.5. The number of halogens is 2. The molecule has 8 heteroatoms. The first-order chi connectivity index (χ1) is 12.4. The van der Waals surface area contributed by atoms with Gasteiger partial charge in [-0.05, 0) is 63.6 Å². The van der Waals surface area contributed by atoms with E-state index >= 15 is 0 Å². The predicted molar refractivity (Wildman–Crippen MR) is 110 cm³/mol. The van der Waals surface area contributed by atoms with Crippen LogP contribution in [0.25, 0.3) is 6.08 Å². The van der Waals surface area contributed by atoms with Gasteiger partial charge in [-0.25, -0.2) is 0 Å². The van der Waals surface area contributed by atoms with E-state index in [1.54, 1.807) is 24.3 Å². The molecule has 0 aromatic heterocycles. The number of rotatable bonds is 4. The van der Waals surface area contributed by atoms with Crippen LogP contribution in [-0.4, -0.2) is 28.5 Å². The number of hydrogen-bond donors (Lipinski definition) is 1. The van der Waals surface area contributed by atoms with Gasteiger partial charge in [0.2, 0.25) is 5.91 Å². The predicted octanol–water partition coefficient (Wildman–Crippen LogP) is 4.89. The van der Waals surface area contributed by atoms with Gasteiger partial charge < -0.3 is 5.32 Å². The van der Waals surface area contributed by atoms with Crippen molar-refractivity contribution in [2.75, 3.05) is 11.9 Å². The summed E-state index contributed by atoms with van der Waals surface area (Å²) in [6, 6.07) is 14.5. The van der Waals surface area contributed by atoms with Crippen molar-refractivity contribution in [3.05, 3.63) is 67.9 Å². The summed E-state index contributed by atoms with van der Waals surface area (Å²) in [6.45, 7) is -0.330. The molecule has 1 fully saturated rings. The highest BCUT2D eigenvalue weighted by Crippen LogP contribution is 2.32. The van der Waals surface area contributed by atoms with E-state index < -0.39 is 17.1 Å². The molecule has 0 aliphatic carbocycles. The molecule has 26 heavy (non-hydrogen) atoms. The molecule has 1 aliphatic rings. The third-order valence-electron chi connectivity index (χ3n) is 3.49. The molecule has 2 aromatic rings. The molecule has 0 atom stereocenters. The minimum absolute atomic E-state index is 0.297. The van der Waals surface area contributed by atoms with Crippen molar-refractivity contribution in [3.8, 4) is 0 Å². The molecule has 0 radical (unpaired) electrons. The Morgan fingerprint density at radius 2 is 1.77 bits per heavy atom. The Morgan fingerprint density at radius 3 is 2.46 bits per heavy atom. The van der Waals surface area contributed by atoms with Crippen molar-refractivity contribution >= 4 is 72.4 Å². The number of carbonyl (C=O) groups is 3. The fourth-order valence-electron chi connectivity index (χ4n) is 2.24. The maximum Gasteiger partial charge on any atom is 0.294 e. The lowest BCUT2D eigenvalue weighted by atomic mass is 10.2. The second-order valence-electron chi connectivity index (χ2n) is 5.35. The van der Waals surface area contributed by atoms with E-state index in [4.69, 9.17) is 0 Å². The van der Waals surface area contributed by atoms with Crippen molar-refractivity contribution in [3.63, 3.8) is 0 Å². The third-order valence-corrected chi connectivity index (χ3v) is 5.62. The van der Waals surface area contributed by atoms with Gasteiger partial charge in [-0.15, -0.1) is 0 Å². The Bertz CT molecular complexity index is 913. The van der Waals surface area contributed by atoms with Crippen LogP contribution in [0.5, 0.6) is 0 Å². The number of carbonyl (C=O) groups excluding carboxylic acids is 3. The summed E-state index contributed by atoms with van der Waals surface area (Å²) in [5.41, 5.74) is 1.38. The van der Waals surface area contributed by atoms with E-state index in [0.717, 1.165) is 31.2 Å². The van der Waals surface area contributed by atoms with Crippen molar-refractivity contribution in [2.24, 2.45) is 0 Å². The van der Waals surface area contributed by atoms with Gasteiger partial charge in [0.05, 0.1) is 10.6 Å². The zero-order valence-corrected chi connectivity index (χ0v) is 17.2. The number of hydrogen-bond acceptors (Lipinski definition) is 4. The minimum Gasteiger partial charge on any atom is -0.324 e. The monoisotopic (exact) mass is 494 g/mol. The van der Waals surface area contributed by atoms with Gasteiger partial charge in [-0.2, -0.15) is 0 Å². The van der Waals surface area contributed by atoms with Crippen molar-refractivity contribution in [1.29, 1.82) is 0 Å². The van der Waals surface area contributed by atoms with Crippen LogP contribution >= 0.6 is 43.6 Å². The summed E-state index contributed by atoms with van der Waals surface area (Å²) in [5.74, 6) is -0.908. The molecular weight excluding hydrogens is 484 g/mol. The molecule has 0 spiro atoms. The normalized spacial score (nSPS) is 15.6. The molecule has 132 valence electrons. The van der Waals surface area contributed by atoms with E-state index in [2.05, 4.69) is 37.2 Å². The number of thioether (sulfide) groups is 1. The number of nitrogens with zero attached hydrogens (tertiary/aromatic N) is 1. The standard InChI is InChI=1S/C18H12Br2N2O3S/c19-12-7-5-11(6-8-12)9-15-17(24)22(18(25)26-15)10-16(23)21-14-4-2-1-3-13(14)20/h1-9H,10H2,(H,21,23)/b15-9+. The van der Waals surface area contributed by atoms with Crippen LogP contribution in [0, 0.1) is 0 Å². The lowest BCUT2D eigenvalue weighted by Gasteiger charge is -2.13. The summed E-state index contributed by atoms with van der Waals surface area (Å²) in [4.78, 5) is 38.0. The molecule has 1 N–H and O–H groups in total. The molecule has 2 aromatic carbocycles. The van der Waals surface area contributed by atoms with Gasteiger partial charge in [0.1, 0.15) is 6.54 Å². The van der Waals surface area contributed by atoms with Gasteiger partial charge in [0.25, 0.3) is 11.1 Å². The zero-order chi connectivity index (χ0) is 18.7. The molecule has 0 unspecified atom stereocenters. The van der Waals surface area contributed by atoms with Crippen molar-refractivity contribution in [1.82, 2.24) is 4.90 Å². The van der Waals surface area contributed by atoms with E-state index in [1.165, 1.54) is 0 Å². The molecule has 1 saturated heterocycles. The smallest absolute Gasteiger partial charge is 0.294 e. The largest absolute Gasteiger partial charge is 0.324 e. The van der Waals surface area contributed by atoms with E-state index in [9.17, 15) is 14.4 Å². The van der Waals surface area contributed by atoms with Gasteiger partial charge in [0, 0.05) is 8.95 Å². The Morgan fingerprint density at radius 1 is 1.08 bits per heavy atom. The van der Waals surface area contributed by atoms with Crippen molar-refractivity contribution in [2.45, 2.75) is 0 Å². The first kappa shape index (κ1) is 18.9. The first-order valence-corrected chi connectivity index (χ1v) is 9.89. The maximum atomic E-state index is 12.5. The Hall–Kier alpha value is -1.90. The highest BCUT2D eigenvalue weighted by atomic mass is 79.9. The van der Waals surface area contributed by atoms with Crippen LogP contribution in [-0.2, 0) is 9.59 Å². The van der Waals surface area contributed by atoms with Crippen LogP contribution in [0.4, 0.5) is 10.5 Å². The quantitative estimate of drug-likeness (QED) is 0.613. The summed E-state index contributed by atoms with van der Waals surface area (Å²) in [5, 5.41) is 2.23. The molecule has 0 bridgehead atoms. The van der Waals surface area contributed by atoms with Gasteiger partial charge in [-0.3, -0.25) is 19.3 Å². The van der Waals surface area contributed by atoms with E-state index in [1.807, 2.05) is 30.3 Å². The fraction of sp³-hybridized carbons (Fsp3) is 0.0556. The molecule has 3 amide bonds. The Labute approximate surface area is 171 Å². The second kappa shape index (κ2) is 8.20. The summed E-state index contributed by atoms with van der Waals surface area (Å²) in [7, 11) is 0. The lowest BCUT2D eigenvalue weighted by molar-refractivity contribution is -0.127. The molecule has 1 aliphatic heterocycles. The minimum atomic E-state index is -0.467. The van der Waals surface area contributed by atoms with Gasteiger partial charge >= 0.3 is 0 Å². The molecular formula is C18H12Br2N2O3S. The molecule has 1 heterocycles. The number of anilines is 1. The number of amides is 3. The Kier molecular flexibility index (Phi) is 5.95. The average Bonchev–Trinajstić information content (AvgIpc) is 2.86. The highest BCUT2D eigenvalue weighted by molar-refractivity contribution is 9.10. The van der Waals surface area contributed by atoms with Gasteiger partial charge in [-0.1, -0.05) is 40.2 Å². The van der Waals surface area contributed by atoms with Gasteiger partial charge in [0.15, 0.2) is 0 Å². The zero-order valence-electron chi connectivity index (χ0n) is 13.2. The molecule has 3 rings (SSSR count). The number of benzene rings is 2. The second-order valence-corrected chi connectivity index (χ2v) is 8.11. The van der Waals surface area contributed by atoms with Crippen LogP contribution < -0.4 is 5.32 Å². The van der Waals surface area contributed by atoms with Crippen LogP contribution in [0.3, 0.4) is 0 Å². The van der Waals surface area contributed by atoms with Crippen LogP contribution in [0.1, 0.15) is 5.56 Å². The summed E-state index contributed by atoms with van der Waals surface area (Å²) in [6.07, 6.45) is 1.64. The SMILES string of the molecule is O=C(CN1C(=O)S/C(=C/c2ccc(Br)cc2)C1=O)Nc1ccccc1Br. The average molecular weight is 496 g/mol. The van der Waals surface area contributed by atoms with Crippen LogP contribution in [0.15, 0.2) is 62.4 Å². The third kappa shape index (κ3) is 4.44. The number of para-hydroxylation sites is 1. The summed E-state index contributed by atoms with van der Waals surface area (Å²) >= 11 is 7.51. The van der Waals surface area contributed by atoms with E-state index in [0.29, 0.717) is 10.6 Å². The topological polar surface area (TPSA) is 66.5 Å². The fourth-order valence-corrected chi connectivity index (χ4v) is 3.73. The van der Waals surface area contributed by atoms with Crippen molar-refractivity contribution < 1.29 is 14.4 Å².